The number of hydrogen-bond acceptors (Lipinski definition) is 3. The van der Waals surface area contributed by atoms with E-state index in [1.165, 1.54) is 69.2 Å². The lowest BCUT2D eigenvalue weighted by Gasteiger charge is -2.05. The molecule has 0 saturated heterocycles. The lowest BCUT2D eigenvalue weighted by Crippen LogP contribution is -2.07. The second kappa shape index (κ2) is 11.7. The molecule has 0 aliphatic rings. The highest BCUT2D eigenvalue weighted by atomic mass is 16.5. The van der Waals surface area contributed by atoms with Crippen LogP contribution >= 0.6 is 0 Å². The summed E-state index contributed by atoms with van der Waals surface area (Å²) in [7, 11) is 0. The van der Waals surface area contributed by atoms with E-state index in [-0.39, 0.29) is 11.5 Å². The molecule has 1 rings (SSSR count). The maximum Gasteiger partial charge on any atom is 0.338 e. The fourth-order valence-electron chi connectivity index (χ4n) is 2.41. The number of hydrogen-bond donors (Lipinski definition) is 1. The number of esters is 1. The van der Waals surface area contributed by atoms with Gasteiger partial charge in [0.05, 0.1) is 17.7 Å². The highest BCUT2D eigenvalue weighted by Crippen LogP contribution is 2.10. The van der Waals surface area contributed by atoms with Gasteiger partial charge >= 0.3 is 11.9 Å². The van der Waals surface area contributed by atoms with Gasteiger partial charge in [-0.15, -0.1) is 0 Å². The predicted octanol–water partition coefficient (Wildman–Crippen LogP) is 5.07. The SMILES string of the molecule is CCCCCCCCCCCOC(=O)c1ccc(C(=O)O)cc1. The summed E-state index contributed by atoms with van der Waals surface area (Å²) in [6, 6.07) is 5.80. The third-order valence-corrected chi connectivity index (χ3v) is 3.85. The van der Waals surface area contributed by atoms with Gasteiger partial charge in [-0.3, -0.25) is 0 Å². The lowest BCUT2D eigenvalue weighted by atomic mass is 10.1. The molecule has 23 heavy (non-hydrogen) atoms. The summed E-state index contributed by atoms with van der Waals surface area (Å²) in [5, 5.41) is 8.80. The van der Waals surface area contributed by atoms with Crippen LogP contribution < -0.4 is 0 Å². The zero-order chi connectivity index (χ0) is 16.9. The quantitative estimate of drug-likeness (QED) is 0.431. The van der Waals surface area contributed by atoms with Crippen molar-refractivity contribution in [3.8, 4) is 0 Å². The summed E-state index contributed by atoms with van der Waals surface area (Å²) in [6.07, 6.45) is 11.0. The zero-order valence-corrected chi connectivity index (χ0v) is 14.1. The van der Waals surface area contributed by atoms with E-state index < -0.39 is 5.97 Å². The summed E-state index contributed by atoms with van der Waals surface area (Å²) in [4.78, 5) is 22.5. The molecule has 0 atom stereocenters. The fraction of sp³-hybridized carbons (Fsp3) is 0.579. The summed E-state index contributed by atoms with van der Waals surface area (Å²) in [6.45, 7) is 2.65. The van der Waals surface area contributed by atoms with Crippen LogP contribution in [0.3, 0.4) is 0 Å². The first-order valence-corrected chi connectivity index (χ1v) is 8.65. The fourth-order valence-corrected chi connectivity index (χ4v) is 2.41. The third kappa shape index (κ3) is 8.38. The van der Waals surface area contributed by atoms with E-state index in [0.717, 1.165) is 12.8 Å². The minimum atomic E-state index is -1.00. The Kier molecular flexibility index (Phi) is 9.76. The highest BCUT2D eigenvalue weighted by Gasteiger charge is 2.08. The van der Waals surface area contributed by atoms with Crippen LogP contribution in [0.15, 0.2) is 24.3 Å². The van der Waals surface area contributed by atoms with E-state index in [2.05, 4.69) is 6.92 Å². The van der Waals surface area contributed by atoms with Gasteiger partial charge in [0, 0.05) is 0 Å². The van der Waals surface area contributed by atoms with Crippen LogP contribution in [0, 0.1) is 0 Å². The molecule has 0 aliphatic carbocycles. The first-order chi connectivity index (χ1) is 11.1. The minimum Gasteiger partial charge on any atom is -0.478 e. The van der Waals surface area contributed by atoms with E-state index in [4.69, 9.17) is 9.84 Å². The number of ether oxygens (including phenoxy) is 1. The minimum absolute atomic E-state index is 0.167. The molecular formula is C19H28O4. The van der Waals surface area contributed by atoms with E-state index in [9.17, 15) is 9.59 Å². The van der Waals surface area contributed by atoms with Crippen LogP contribution in [0.5, 0.6) is 0 Å². The van der Waals surface area contributed by atoms with Crippen molar-refractivity contribution in [3.63, 3.8) is 0 Å². The molecule has 0 fully saturated rings. The summed E-state index contributed by atoms with van der Waals surface area (Å²) >= 11 is 0. The summed E-state index contributed by atoms with van der Waals surface area (Å²) in [5.74, 6) is -1.39. The summed E-state index contributed by atoms with van der Waals surface area (Å²) in [5.41, 5.74) is 0.561. The summed E-state index contributed by atoms with van der Waals surface area (Å²) < 4.78 is 5.20. The van der Waals surface area contributed by atoms with Crippen LogP contribution in [-0.4, -0.2) is 23.7 Å². The van der Waals surface area contributed by atoms with Gasteiger partial charge in [0.25, 0.3) is 0 Å². The zero-order valence-electron chi connectivity index (χ0n) is 14.1. The normalized spacial score (nSPS) is 10.5. The monoisotopic (exact) mass is 320 g/mol. The molecule has 0 heterocycles. The molecule has 4 heteroatoms. The van der Waals surface area contributed by atoms with Gasteiger partial charge in [0.2, 0.25) is 0 Å². The third-order valence-electron chi connectivity index (χ3n) is 3.85. The second-order valence-corrected chi connectivity index (χ2v) is 5.85. The van der Waals surface area contributed by atoms with Gasteiger partial charge in [-0.2, -0.15) is 0 Å². The largest absolute Gasteiger partial charge is 0.478 e. The number of aromatic carboxylic acids is 1. The molecule has 0 unspecified atom stereocenters. The number of unbranched alkanes of at least 4 members (excludes halogenated alkanes) is 8. The van der Waals surface area contributed by atoms with Crippen molar-refractivity contribution in [1.82, 2.24) is 0 Å². The van der Waals surface area contributed by atoms with Gasteiger partial charge in [-0.25, -0.2) is 9.59 Å². The molecule has 128 valence electrons. The Balaban J connectivity index is 2.07. The highest BCUT2D eigenvalue weighted by molar-refractivity contribution is 5.92. The molecule has 0 spiro atoms. The average Bonchev–Trinajstić information content (AvgIpc) is 2.56. The lowest BCUT2D eigenvalue weighted by molar-refractivity contribution is 0.0496. The Bertz CT molecular complexity index is 465. The Morgan fingerprint density at radius 2 is 1.30 bits per heavy atom. The molecule has 4 nitrogen and oxygen atoms in total. The molecule has 1 aromatic rings. The van der Waals surface area contributed by atoms with Crippen LogP contribution in [0.2, 0.25) is 0 Å². The first kappa shape index (κ1) is 19.2. The first-order valence-electron chi connectivity index (χ1n) is 8.65. The number of rotatable bonds is 12. The number of carboxylic acid groups (broad SMARTS) is 1. The molecule has 1 N–H and O–H groups in total. The molecular weight excluding hydrogens is 292 g/mol. The van der Waals surface area contributed by atoms with Gasteiger partial charge in [0.15, 0.2) is 0 Å². The van der Waals surface area contributed by atoms with Crippen molar-refractivity contribution in [1.29, 1.82) is 0 Å². The molecule has 1 aromatic carbocycles. The van der Waals surface area contributed by atoms with E-state index >= 15 is 0 Å². The molecule has 0 bridgehead atoms. The van der Waals surface area contributed by atoms with E-state index in [1.54, 1.807) is 0 Å². The van der Waals surface area contributed by atoms with Crippen LogP contribution in [0.1, 0.15) is 85.4 Å². The molecule has 0 amide bonds. The van der Waals surface area contributed by atoms with Gasteiger partial charge in [-0.05, 0) is 30.7 Å². The van der Waals surface area contributed by atoms with Crippen LogP contribution in [0.4, 0.5) is 0 Å². The van der Waals surface area contributed by atoms with E-state index in [1.807, 2.05) is 0 Å². The Hall–Kier alpha value is -1.84. The molecule has 0 aromatic heterocycles. The maximum absolute atomic E-state index is 11.8. The molecule has 0 saturated carbocycles. The number of carboxylic acids is 1. The number of carbonyl (C=O) groups is 2. The predicted molar refractivity (Wildman–Crippen MR) is 90.9 cm³/mol. The van der Waals surface area contributed by atoms with Crippen molar-refractivity contribution in [3.05, 3.63) is 35.4 Å². The van der Waals surface area contributed by atoms with Gasteiger partial charge < -0.3 is 9.84 Å². The van der Waals surface area contributed by atoms with Crippen LogP contribution in [-0.2, 0) is 4.74 Å². The van der Waals surface area contributed by atoms with Crippen molar-refractivity contribution in [2.24, 2.45) is 0 Å². The van der Waals surface area contributed by atoms with Gasteiger partial charge in [-0.1, -0.05) is 58.3 Å². The number of benzene rings is 1. The Labute approximate surface area is 138 Å². The van der Waals surface area contributed by atoms with Crippen molar-refractivity contribution < 1.29 is 19.4 Å². The molecule has 0 aliphatic heterocycles. The second-order valence-electron chi connectivity index (χ2n) is 5.85. The molecule has 0 radical (unpaired) electrons. The van der Waals surface area contributed by atoms with Crippen molar-refractivity contribution >= 4 is 11.9 Å². The number of carbonyl (C=O) groups excluding carboxylic acids is 1. The standard InChI is InChI=1S/C19H28O4/c1-2-3-4-5-6-7-8-9-10-15-23-19(22)17-13-11-16(12-14-17)18(20)21/h11-14H,2-10,15H2,1H3,(H,20,21). The maximum atomic E-state index is 11.8. The average molecular weight is 320 g/mol. The van der Waals surface area contributed by atoms with Crippen molar-refractivity contribution in [2.75, 3.05) is 6.61 Å². The van der Waals surface area contributed by atoms with Crippen molar-refractivity contribution in [2.45, 2.75) is 64.7 Å². The Morgan fingerprint density at radius 1 is 0.826 bits per heavy atom. The Morgan fingerprint density at radius 3 is 1.83 bits per heavy atom. The van der Waals surface area contributed by atoms with Crippen LogP contribution in [0.25, 0.3) is 0 Å². The topological polar surface area (TPSA) is 63.6 Å². The van der Waals surface area contributed by atoms with Gasteiger partial charge in [0.1, 0.15) is 0 Å². The smallest absolute Gasteiger partial charge is 0.338 e. The van der Waals surface area contributed by atoms with E-state index in [0.29, 0.717) is 12.2 Å².